The molecule has 0 saturated heterocycles. The van der Waals surface area contributed by atoms with Gasteiger partial charge in [-0.2, -0.15) is 0 Å². The Bertz CT molecular complexity index is 838. The van der Waals surface area contributed by atoms with Crippen LogP contribution in [0.15, 0.2) is 48.5 Å². The third-order valence-corrected chi connectivity index (χ3v) is 3.67. The molecule has 0 aromatic heterocycles. The molecule has 1 unspecified atom stereocenters. The minimum atomic E-state index is -0.851. The number of benzene rings is 2. The zero-order valence-corrected chi connectivity index (χ0v) is 15.1. The third-order valence-electron chi connectivity index (χ3n) is 3.67. The van der Waals surface area contributed by atoms with Gasteiger partial charge < -0.3 is 15.4 Å². The number of hydrogen-bond acceptors (Lipinski definition) is 5. The molecule has 2 N–H and O–H groups in total. The quantitative estimate of drug-likeness (QED) is 0.547. The topological polar surface area (TPSA) is 111 Å². The Kier molecular flexibility index (Phi) is 6.87. The predicted molar refractivity (Wildman–Crippen MR) is 101 cm³/mol. The van der Waals surface area contributed by atoms with E-state index in [-0.39, 0.29) is 11.3 Å². The smallest absolute Gasteiger partial charge is 0.270 e. The van der Waals surface area contributed by atoms with Crippen LogP contribution in [-0.2, 0) is 4.79 Å². The molecule has 0 radical (unpaired) electrons. The first kappa shape index (κ1) is 19.9. The van der Waals surface area contributed by atoms with Gasteiger partial charge in [0.15, 0.2) is 0 Å². The van der Waals surface area contributed by atoms with E-state index in [4.69, 9.17) is 4.74 Å². The second-order valence-corrected chi connectivity index (χ2v) is 5.84. The lowest BCUT2D eigenvalue weighted by molar-refractivity contribution is -0.384. The molecule has 2 rings (SSSR count). The minimum Gasteiger partial charge on any atom is -0.491 e. The van der Waals surface area contributed by atoms with E-state index in [1.807, 2.05) is 6.92 Å². The number of nitrogens with one attached hydrogen (secondary N) is 2. The molecule has 0 saturated carbocycles. The number of non-ortho nitro benzene ring substituents is 1. The predicted octanol–water partition coefficient (Wildman–Crippen LogP) is 3.14. The SMILES string of the molecule is CCCOc1ccccc1NC(=O)C(C)NC(=O)c1cccc([N+](=O)[O-])c1. The van der Waals surface area contributed by atoms with E-state index in [1.54, 1.807) is 24.3 Å². The molecule has 0 bridgehead atoms. The van der Waals surface area contributed by atoms with Gasteiger partial charge in [-0.15, -0.1) is 0 Å². The zero-order chi connectivity index (χ0) is 19.8. The molecular formula is C19H21N3O5. The van der Waals surface area contributed by atoms with Gasteiger partial charge in [0.2, 0.25) is 5.91 Å². The molecule has 27 heavy (non-hydrogen) atoms. The summed E-state index contributed by atoms with van der Waals surface area (Å²) in [5.41, 5.74) is 0.421. The highest BCUT2D eigenvalue weighted by Gasteiger charge is 2.19. The highest BCUT2D eigenvalue weighted by atomic mass is 16.6. The number of para-hydroxylation sites is 2. The number of carbonyl (C=O) groups excluding carboxylic acids is 2. The van der Waals surface area contributed by atoms with Crippen LogP contribution in [0.2, 0.25) is 0 Å². The first-order valence-corrected chi connectivity index (χ1v) is 8.50. The summed E-state index contributed by atoms with van der Waals surface area (Å²) < 4.78 is 5.59. The van der Waals surface area contributed by atoms with Gasteiger partial charge in [-0.05, 0) is 31.5 Å². The summed E-state index contributed by atoms with van der Waals surface area (Å²) in [5.74, 6) is -0.455. The van der Waals surface area contributed by atoms with E-state index in [0.29, 0.717) is 18.0 Å². The first-order chi connectivity index (χ1) is 12.9. The van der Waals surface area contributed by atoms with Crippen molar-refractivity contribution in [1.29, 1.82) is 0 Å². The monoisotopic (exact) mass is 371 g/mol. The summed E-state index contributed by atoms with van der Waals surface area (Å²) in [6.07, 6.45) is 0.831. The van der Waals surface area contributed by atoms with Crippen LogP contribution in [0.1, 0.15) is 30.6 Å². The Balaban J connectivity index is 2.03. The largest absolute Gasteiger partial charge is 0.491 e. The minimum absolute atomic E-state index is 0.107. The van der Waals surface area contributed by atoms with Crippen LogP contribution in [0.3, 0.4) is 0 Å². The normalized spacial score (nSPS) is 11.3. The van der Waals surface area contributed by atoms with Crippen LogP contribution in [0.25, 0.3) is 0 Å². The number of amides is 2. The standard InChI is InChI=1S/C19H21N3O5/c1-3-11-27-17-10-5-4-9-16(17)21-18(23)13(2)20-19(24)14-7-6-8-15(12-14)22(25)26/h4-10,12-13H,3,11H2,1-2H3,(H,20,24)(H,21,23). The maximum absolute atomic E-state index is 12.4. The van der Waals surface area contributed by atoms with Gasteiger partial charge in [0.1, 0.15) is 11.8 Å². The number of nitrogens with zero attached hydrogens (tertiary/aromatic N) is 1. The number of nitro benzene ring substituents is 1. The maximum Gasteiger partial charge on any atom is 0.270 e. The van der Waals surface area contributed by atoms with E-state index in [2.05, 4.69) is 10.6 Å². The van der Waals surface area contributed by atoms with Gasteiger partial charge in [0.25, 0.3) is 11.6 Å². The number of hydrogen-bond donors (Lipinski definition) is 2. The highest BCUT2D eigenvalue weighted by Crippen LogP contribution is 2.24. The summed E-state index contributed by atoms with van der Waals surface area (Å²) in [4.78, 5) is 34.9. The van der Waals surface area contributed by atoms with Gasteiger partial charge >= 0.3 is 0 Å². The number of rotatable bonds is 8. The molecule has 2 aromatic carbocycles. The van der Waals surface area contributed by atoms with Crippen molar-refractivity contribution in [3.8, 4) is 5.75 Å². The van der Waals surface area contributed by atoms with Crippen LogP contribution in [0.5, 0.6) is 5.75 Å². The number of ether oxygens (including phenoxy) is 1. The van der Waals surface area contributed by atoms with E-state index in [1.165, 1.54) is 25.1 Å². The maximum atomic E-state index is 12.4. The Hall–Kier alpha value is -3.42. The fourth-order valence-corrected chi connectivity index (χ4v) is 2.26. The van der Waals surface area contributed by atoms with Crippen molar-refractivity contribution in [3.05, 3.63) is 64.2 Å². The van der Waals surface area contributed by atoms with Crippen molar-refractivity contribution in [3.63, 3.8) is 0 Å². The molecular weight excluding hydrogens is 350 g/mol. The van der Waals surface area contributed by atoms with Crippen LogP contribution in [0, 0.1) is 10.1 Å². The summed E-state index contributed by atoms with van der Waals surface area (Å²) >= 11 is 0. The highest BCUT2D eigenvalue weighted by molar-refractivity contribution is 6.01. The van der Waals surface area contributed by atoms with Gasteiger partial charge in [-0.1, -0.05) is 25.1 Å². The molecule has 2 aromatic rings. The van der Waals surface area contributed by atoms with Crippen LogP contribution in [-0.4, -0.2) is 29.4 Å². The fourth-order valence-electron chi connectivity index (χ4n) is 2.26. The zero-order valence-electron chi connectivity index (χ0n) is 15.1. The number of carbonyl (C=O) groups is 2. The van der Waals surface area contributed by atoms with Crippen LogP contribution in [0.4, 0.5) is 11.4 Å². The van der Waals surface area contributed by atoms with Crippen LogP contribution >= 0.6 is 0 Å². The number of nitro groups is 1. The van der Waals surface area contributed by atoms with E-state index >= 15 is 0 Å². The lowest BCUT2D eigenvalue weighted by Gasteiger charge is -2.16. The second-order valence-electron chi connectivity index (χ2n) is 5.84. The molecule has 8 heteroatoms. The van der Waals surface area contributed by atoms with Crippen LogP contribution < -0.4 is 15.4 Å². The van der Waals surface area contributed by atoms with Crippen molar-refractivity contribution in [2.24, 2.45) is 0 Å². The molecule has 0 heterocycles. The molecule has 8 nitrogen and oxygen atoms in total. The van der Waals surface area contributed by atoms with E-state index in [0.717, 1.165) is 12.5 Å². The first-order valence-electron chi connectivity index (χ1n) is 8.50. The second kappa shape index (κ2) is 9.33. The molecule has 0 spiro atoms. The number of anilines is 1. The third kappa shape index (κ3) is 5.53. The summed E-state index contributed by atoms with van der Waals surface area (Å²) in [7, 11) is 0. The van der Waals surface area contributed by atoms with Crippen molar-refractivity contribution in [1.82, 2.24) is 5.32 Å². The average molecular weight is 371 g/mol. The molecule has 0 fully saturated rings. The Morgan fingerprint density at radius 1 is 1.19 bits per heavy atom. The molecule has 2 amide bonds. The van der Waals surface area contributed by atoms with Gasteiger partial charge in [0, 0.05) is 17.7 Å². The molecule has 1 atom stereocenters. The Morgan fingerprint density at radius 2 is 1.93 bits per heavy atom. The lowest BCUT2D eigenvalue weighted by atomic mass is 10.1. The summed E-state index contributed by atoms with van der Waals surface area (Å²) in [6, 6.07) is 11.5. The van der Waals surface area contributed by atoms with Gasteiger partial charge in [0.05, 0.1) is 17.2 Å². The van der Waals surface area contributed by atoms with E-state index < -0.39 is 22.8 Å². The van der Waals surface area contributed by atoms with Gasteiger partial charge in [-0.3, -0.25) is 19.7 Å². The fraction of sp³-hybridized carbons (Fsp3) is 0.263. The Labute approximate surface area is 156 Å². The summed E-state index contributed by atoms with van der Waals surface area (Å²) in [5, 5.41) is 16.1. The molecule has 0 aliphatic rings. The Morgan fingerprint density at radius 3 is 2.63 bits per heavy atom. The van der Waals surface area contributed by atoms with Crippen molar-refractivity contribution in [2.45, 2.75) is 26.3 Å². The van der Waals surface area contributed by atoms with Gasteiger partial charge in [-0.25, -0.2) is 0 Å². The van der Waals surface area contributed by atoms with Crippen molar-refractivity contribution < 1.29 is 19.2 Å². The summed E-state index contributed by atoms with van der Waals surface area (Å²) in [6.45, 7) is 4.03. The molecule has 142 valence electrons. The van der Waals surface area contributed by atoms with Crippen molar-refractivity contribution in [2.75, 3.05) is 11.9 Å². The molecule has 0 aliphatic carbocycles. The van der Waals surface area contributed by atoms with Crippen molar-refractivity contribution >= 4 is 23.2 Å². The average Bonchev–Trinajstić information content (AvgIpc) is 2.67. The van der Waals surface area contributed by atoms with E-state index in [9.17, 15) is 19.7 Å². The lowest BCUT2D eigenvalue weighted by Crippen LogP contribution is -2.41. The molecule has 0 aliphatic heterocycles.